The van der Waals surface area contributed by atoms with E-state index in [1.54, 1.807) is 24.4 Å². The van der Waals surface area contributed by atoms with Gasteiger partial charge in [-0.25, -0.2) is 4.98 Å². The number of ketones is 1. The fourth-order valence-corrected chi connectivity index (χ4v) is 3.88. The summed E-state index contributed by atoms with van der Waals surface area (Å²) in [5.41, 5.74) is 3.70. The van der Waals surface area contributed by atoms with Crippen molar-refractivity contribution in [1.29, 1.82) is 5.26 Å². The SMILES string of the molecule is CC(=O)c1cccc(N/C=C(\C#N)c2nc(-c3cccc4ccccc34)cs2)c1. The lowest BCUT2D eigenvalue weighted by atomic mass is 10.0. The molecule has 0 aliphatic rings. The molecule has 1 aromatic heterocycles. The number of rotatable bonds is 5. The van der Waals surface area contributed by atoms with Gasteiger partial charge in [-0.3, -0.25) is 4.79 Å². The van der Waals surface area contributed by atoms with Crippen LogP contribution in [0.3, 0.4) is 0 Å². The van der Waals surface area contributed by atoms with Crippen molar-refractivity contribution in [3.8, 4) is 17.3 Å². The van der Waals surface area contributed by atoms with E-state index in [-0.39, 0.29) is 5.78 Å². The third-order valence-electron chi connectivity index (χ3n) is 4.57. The van der Waals surface area contributed by atoms with Crippen molar-refractivity contribution >= 4 is 39.2 Å². The lowest BCUT2D eigenvalue weighted by Crippen LogP contribution is -1.95. The van der Waals surface area contributed by atoms with Crippen molar-refractivity contribution in [2.24, 2.45) is 0 Å². The molecule has 5 heteroatoms. The Hall–Kier alpha value is -3.75. The normalized spacial score (nSPS) is 11.2. The fourth-order valence-electron chi connectivity index (χ4n) is 3.10. The summed E-state index contributed by atoms with van der Waals surface area (Å²) in [5, 5.41) is 17.6. The zero-order valence-corrected chi connectivity index (χ0v) is 16.5. The number of hydrogen-bond acceptors (Lipinski definition) is 5. The van der Waals surface area contributed by atoms with Crippen LogP contribution in [0, 0.1) is 11.3 Å². The predicted molar refractivity (Wildman–Crippen MR) is 119 cm³/mol. The zero-order valence-electron chi connectivity index (χ0n) is 15.7. The molecule has 0 radical (unpaired) electrons. The Kier molecular flexibility index (Phi) is 5.19. The van der Waals surface area contributed by atoms with E-state index in [1.165, 1.54) is 18.3 Å². The van der Waals surface area contributed by atoms with Crippen LogP contribution in [-0.2, 0) is 0 Å². The largest absolute Gasteiger partial charge is 0.360 e. The topological polar surface area (TPSA) is 65.8 Å². The number of nitriles is 1. The number of nitrogens with one attached hydrogen (secondary N) is 1. The maximum atomic E-state index is 11.5. The molecule has 0 saturated heterocycles. The molecule has 4 rings (SSSR count). The molecular formula is C24H17N3OS. The summed E-state index contributed by atoms with van der Waals surface area (Å²) in [6, 6.07) is 23.7. The van der Waals surface area contributed by atoms with Gasteiger partial charge in [-0.2, -0.15) is 5.26 Å². The summed E-state index contributed by atoms with van der Waals surface area (Å²) in [6.07, 6.45) is 1.63. The number of carbonyl (C=O) groups is 1. The first-order valence-corrected chi connectivity index (χ1v) is 9.95. The van der Waals surface area contributed by atoms with Gasteiger partial charge in [0.15, 0.2) is 5.78 Å². The lowest BCUT2D eigenvalue weighted by molar-refractivity contribution is 0.101. The van der Waals surface area contributed by atoms with Crippen LogP contribution in [-0.4, -0.2) is 10.8 Å². The molecule has 4 aromatic rings. The zero-order chi connectivity index (χ0) is 20.2. The van der Waals surface area contributed by atoms with Gasteiger partial charge in [-0.15, -0.1) is 11.3 Å². The first-order chi connectivity index (χ1) is 14.2. The van der Waals surface area contributed by atoms with Gasteiger partial charge in [0.1, 0.15) is 16.6 Å². The molecule has 0 atom stereocenters. The predicted octanol–water partition coefficient (Wildman–Crippen LogP) is 6.14. The molecule has 140 valence electrons. The second kappa shape index (κ2) is 8.09. The highest BCUT2D eigenvalue weighted by Gasteiger charge is 2.11. The average Bonchev–Trinajstić information content (AvgIpc) is 3.24. The molecule has 0 spiro atoms. The monoisotopic (exact) mass is 395 g/mol. The summed E-state index contributed by atoms with van der Waals surface area (Å²) in [4.78, 5) is 16.2. The van der Waals surface area contributed by atoms with Gasteiger partial charge in [-0.1, -0.05) is 54.6 Å². The highest BCUT2D eigenvalue weighted by Crippen LogP contribution is 2.31. The molecule has 0 aliphatic carbocycles. The number of hydrogen-bond donors (Lipinski definition) is 1. The summed E-state index contributed by atoms with van der Waals surface area (Å²) in [6.45, 7) is 1.53. The highest BCUT2D eigenvalue weighted by atomic mass is 32.1. The van der Waals surface area contributed by atoms with Gasteiger partial charge in [0.05, 0.1) is 5.69 Å². The number of anilines is 1. The van der Waals surface area contributed by atoms with Crippen LogP contribution in [0.15, 0.2) is 78.3 Å². The van der Waals surface area contributed by atoms with Crippen molar-refractivity contribution in [3.05, 3.63) is 88.9 Å². The van der Waals surface area contributed by atoms with Crippen molar-refractivity contribution in [2.75, 3.05) is 5.32 Å². The molecule has 1 N–H and O–H groups in total. The molecule has 0 bridgehead atoms. The fraction of sp³-hybridized carbons (Fsp3) is 0.0417. The first-order valence-electron chi connectivity index (χ1n) is 9.07. The number of Topliss-reactive ketones (excluding diaryl/α,β-unsaturated/α-hetero) is 1. The van der Waals surface area contributed by atoms with Crippen LogP contribution < -0.4 is 5.32 Å². The quantitative estimate of drug-likeness (QED) is 0.325. The van der Waals surface area contributed by atoms with Gasteiger partial charge >= 0.3 is 0 Å². The third kappa shape index (κ3) is 3.93. The van der Waals surface area contributed by atoms with Gasteiger partial charge in [-0.05, 0) is 29.8 Å². The number of benzene rings is 3. The van der Waals surface area contributed by atoms with Crippen LogP contribution in [0.25, 0.3) is 27.6 Å². The van der Waals surface area contributed by atoms with Gasteiger partial charge in [0.2, 0.25) is 0 Å². The molecule has 29 heavy (non-hydrogen) atoms. The smallest absolute Gasteiger partial charge is 0.159 e. The second-order valence-corrected chi connectivity index (χ2v) is 7.37. The van der Waals surface area contributed by atoms with Crippen LogP contribution in [0.5, 0.6) is 0 Å². The number of carbonyl (C=O) groups excluding carboxylic acids is 1. The summed E-state index contributed by atoms with van der Waals surface area (Å²) < 4.78 is 0. The highest BCUT2D eigenvalue weighted by molar-refractivity contribution is 7.11. The summed E-state index contributed by atoms with van der Waals surface area (Å²) >= 11 is 1.43. The van der Waals surface area contributed by atoms with Gasteiger partial charge in [0, 0.05) is 28.4 Å². The summed E-state index contributed by atoms with van der Waals surface area (Å²) in [5.74, 6) is -0.00205. The van der Waals surface area contributed by atoms with E-state index in [9.17, 15) is 10.1 Å². The Bertz CT molecular complexity index is 1280. The number of nitrogens with zero attached hydrogens (tertiary/aromatic N) is 2. The van der Waals surface area contributed by atoms with E-state index in [0.717, 1.165) is 27.7 Å². The Morgan fingerprint density at radius 2 is 1.90 bits per heavy atom. The molecule has 4 nitrogen and oxygen atoms in total. The van der Waals surface area contributed by atoms with Crippen molar-refractivity contribution < 1.29 is 4.79 Å². The van der Waals surface area contributed by atoms with Crippen LogP contribution in [0.4, 0.5) is 5.69 Å². The molecule has 1 heterocycles. The standard InChI is InChI=1S/C24H17N3OS/c1-16(28)18-8-4-9-20(12-18)26-14-19(13-25)24-27-23(15-29-24)22-11-5-7-17-6-2-3-10-21(17)22/h2-12,14-15,26H,1H3/b19-14+. The van der Waals surface area contributed by atoms with Crippen LogP contribution >= 0.6 is 11.3 Å². The van der Waals surface area contributed by atoms with E-state index < -0.39 is 0 Å². The molecule has 0 aliphatic heterocycles. The lowest BCUT2D eigenvalue weighted by Gasteiger charge is -2.04. The molecule has 0 amide bonds. The van der Waals surface area contributed by atoms with E-state index in [1.807, 2.05) is 35.7 Å². The molecular weight excluding hydrogens is 378 g/mol. The average molecular weight is 395 g/mol. The number of aromatic nitrogens is 1. The van der Waals surface area contributed by atoms with Crippen molar-refractivity contribution in [1.82, 2.24) is 4.98 Å². The number of thiazole rings is 1. The number of allylic oxidation sites excluding steroid dienone is 1. The molecule has 0 unspecified atom stereocenters. The van der Waals surface area contributed by atoms with Crippen molar-refractivity contribution in [3.63, 3.8) is 0 Å². The van der Waals surface area contributed by atoms with Gasteiger partial charge in [0.25, 0.3) is 0 Å². The van der Waals surface area contributed by atoms with Gasteiger partial charge < -0.3 is 5.32 Å². The molecule has 0 fully saturated rings. The minimum absolute atomic E-state index is 0.00205. The minimum Gasteiger partial charge on any atom is -0.360 e. The Morgan fingerprint density at radius 1 is 1.10 bits per heavy atom. The maximum Gasteiger partial charge on any atom is 0.159 e. The third-order valence-corrected chi connectivity index (χ3v) is 5.45. The Morgan fingerprint density at radius 3 is 2.72 bits per heavy atom. The van der Waals surface area contributed by atoms with E-state index in [4.69, 9.17) is 4.98 Å². The Balaban J connectivity index is 1.64. The number of fused-ring (bicyclic) bond motifs is 1. The summed E-state index contributed by atoms with van der Waals surface area (Å²) in [7, 11) is 0. The van der Waals surface area contributed by atoms with Crippen LogP contribution in [0.2, 0.25) is 0 Å². The maximum absolute atomic E-state index is 11.5. The van der Waals surface area contributed by atoms with E-state index in [0.29, 0.717) is 16.1 Å². The second-order valence-electron chi connectivity index (χ2n) is 6.52. The van der Waals surface area contributed by atoms with E-state index >= 15 is 0 Å². The Labute approximate surface area is 172 Å². The van der Waals surface area contributed by atoms with E-state index in [2.05, 4.69) is 29.6 Å². The molecule has 0 saturated carbocycles. The van der Waals surface area contributed by atoms with Crippen LogP contribution in [0.1, 0.15) is 22.3 Å². The first kappa shape index (κ1) is 18.6. The molecule has 3 aromatic carbocycles. The van der Waals surface area contributed by atoms with Crippen molar-refractivity contribution in [2.45, 2.75) is 6.92 Å². The minimum atomic E-state index is -0.00205.